The van der Waals surface area contributed by atoms with Gasteiger partial charge in [0.25, 0.3) is 0 Å². The van der Waals surface area contributed by atoms with E-state index in [4.69, 9.17) is 4.98 Å². The minimum atomic E-state index is 0.710. The van der Waals surface area contributed by atoms with Gasteiger partial charge in [-0.2, -0.15) is 4.98 Å². The van der Waals surface area contributed by atoms with E-state index in [0.29, 0.717) is 6.04 Å². The molecule has 4 nitrogen and oxygen atoms in total. The Morgan fingerprint density at radius 1 is 1.20 bits per heavy atom. The third-order valence-corrected chi connectivity index (χ3v) is 4.71. The molecule has 1 aromatic heterocycles. The largest absolute Gasteiger partial charge is 0.354 e. The highest BCUT2D eigenvalue weighted by molar-refractivity contribution is 5.46. The van der Waals surface area contributed by atoms with Crippen LogP contribution in [0.5, 0.6) is 0 Å². The quantitative estimate of drug-likeness (QED) is 0.914. The van der Waals surface area contributed by atoms with Gasteiger partial charge in [0.15, 0.2) is 0 Å². The number of aryl methyl sites for hydroxylation is 1. The van der Waals surface area contributed by atoms with Gasteiger partial charge >= 0.3 is 0 Å². The van der Waals surface area contributed by atoms with Crippen molar-refractivity contribution in [3.63, 3.8) is 0 Å². The third kappa shape index (κ3) is 2.74. The van der Waals surface area contributed by atoms with E-state index < -0.39 is 0 Å². The summed E-state index contributed by atoms with van der Waals surface area (Å²) >= 11 is 0. The highest BCUT2D eigenvalue weighted by Crippen LogP contribution is 2.37. The Balaban J connectivity index is 1.83. The van der Waals surface area contributed by atoms with Gasteiger partial charge in [-0.3, -0.25) is 0 Å². The van der Waals surface area contributed by atoms with Crippen molar-refractivity contribution < 1.29 is 0 Å². The van der Waals surface area contributed by atoms with Gasteiger partial charge in [0.1, 0.15) is 5.82 Å². The van der Waals surface area contributed by atoms with Gasteiger partial charge in [-0.05, 0) is 45.4 Å². The summed E-state index contributed by atoms with van der Waals surface area (Å²) in [7, 11) is 0. The van der Waals surface area contributed by atoms with Gasteiger partial charge in [0.05, 0.1) is 0 Å². The molecule has 1 N–H and O–H groups in total. The van der Waals surface area contributed by atoms with Gasteiger partial charge in [-0.1, -0.05) is 12.8 Å². The molecular formula is C16H26N4. The van der Waals surface area contributed by atoms with Crippen LogP contribution in [-0.4, -0.2) is 29.1 Å². The minimum Gasteiger partial charge on any atom is -0.354 e. The van der Waals surface area contributed by atoms with E-state index in [0.717, 1.165) is 36.5 Å². The summed E-state index contributed by atoms with van der Waals surface area (Å²) in [6, 6.07) is 2.86. The first kappa shape index (κ1) is 13.7. The number of hydrogen-bond donors (Lipinski definition) is 1. The number of aromatic nitrogens is 2. The molecule has 3 rings (SSSR count). The Bertz CT molecular complexity index is 454. The zero-order chi connectivity index (χ0) is 13.9. The molecule has 1 unspecified atom stereocenters. The van der Waals surface area contributed by atoms with Crippen molar-refractivity contribution in [1.82, 2.24) is 9.97 Å². The van der Waals surface area contributed by atoms with Gasteiger partial charge in [-0.25, -0.2) is 4.98 Å². The van der Waals surface area contributed by atoms with Crippen LogP contribution in [0.2, 0.25) is 0 Å². The lowest BCUT2D eigenvalue weighted by Gasteiger charge is -2.30. The van der Waals surface area contributed by atoms with Gasteiger partial charge in [0.2, 0.25) is 5.95 Å². The van der Waals surface area contributed by atoms with Crippen LogP contribution >= 0.6 is 0 Å². The standard InChI is InChI=1S/C16H26N4/c1-3-17-16-18-12(2)11-15(19-16)20-10-6-9-14(20)13-7-4-5-8-13/h11,13-14H,3-10H2,1-2H3,(H,17,18,19). The van der Waals surface area contributed by atoms with Crippen molar-refractivity contribution in [2.75, 3.05) is 23.3 Å². The second kappa shape index (κ2) is 5.98. The molecular weight excluding hydrogens is 248 g/mol. The van der Waals surface area contributed by atoms with Crippen LogP contribution in [-0.2, 0) is 0 Å². The number of nitrogens with zero attached hydrogens (tertiary/aromatic N) is 3. The fraction of sp³-hybridized carbons (Fsp3) is 0.750. The molecule has 20 heavy (non-hydrogen) atoms. The summed E-state index contributed by atoms with van der Waals surface area (Å²) in [5, 5.41) is 3.25. The number of hydrogen-bond acceptors (Lipinski definition) is 4. The monoisotopic (exact) mass is 274 g/mol. The summed E-state index contributed by atoms with van der Waals surface area (Å²) in [6.07, 6.45) is 8.29. The maximum absolute atomic E-state index is 4.73. The average molecular weight is 274 g/mol. The fourth-order valence-electron chi connectivity index (χ4n) is 3.85. The highest BCUT2D eigenvalue weighted by atomic mass is 15.3. The Labute approximate surface area is 122 Å². The molecule has 1 saturated heterocycles. The lowest BCUT2D eigenvalue weighted by Crippen LogP contribution is -2.35. The normalized spacial score (nSPS) is 23.5. The number of anilines is 2. The summed E-state index contributed by atoms with van der Waals surface area (Å²) < 4.78 is 0. The second-order valence-corrected chi connectivity index (χ2v) is 6.17. The highest BCUT2D eigenvalue weighted by Gasteiger charge is 2.34. The molecule has 2 heterocycles. The summed E-state index contributed by atoms with van der Waals surface area (Å²) in [5.41, 5.74) is 1.06. The third-order valence-electron chi connectivity index (χ3n) is 4.71. The van der Waals surface area contributed by atoms with E-state index in [9.17, 15) is 0 Å². The summed E-state index contributed by atoms with van der Waals surface area (Å²) in [4.78, 5) is 11.7. The average Bonchev–Trinajstić information content (AvgIpc) is 3.09. The second-order valence-electron chi connectivity index (χ2n) is 6.17. The zero-order valence-electron chi connectivity index (χ0n) is 12.7. The molecule has 0 amide bonds. The predicted molar refractivity (Wildman–Crippen MR) is 83.3 cm³/mol. The molecule has 4 heteroatoms. The van der Waals surface area contributed by atoms with Crippen LogP contribution in [0.15, 0.2) is 6.07 Å². The van der Waals surface area contributed by atoms with Crippen molar-refractivity contribution in [2.45, 2.75) is 58.4 Å². The van der Waals surface area contributed by atoms with E-state index in [-0.39, 0.29) is 0 Å². The molecule has 0 aromatic carbocycles. The van der Waals surface area contributed by atoms with Crippen LogP contribution in [0, 0.1) is 12.8 Å². The maximum atomic E-state index is 4.73. The lowest BCUT2D eigenvalue weighted by molar-refractivity contribution is 0.429. The van der Waals surface area contributed by atoms with E-state index in [2.05, 4.69) is 35.1 Å². The van der Waals surface area contributed by atoms with E-state index >= 15 is 0 Å². The number of nitrogens with one attached hydrogen (secondary N) is 1. The molecule has 2 aliphatic rings. The first-order chi connectivity index (χ1) is 9.78. The molecule has 1 aromatic rings. The molecule has 1 aliphatic heterocycles. The topological polar surface area (TPSA) is 41.1 Å². The first-order valence-electron chi connectivity index (χ1n) is 8.14. The van der Waals surface area contributed by atoms with E-state index in [1.807, 2.05) is 0 Å². The molecule has 0 radical (unpaired) electrons. The van der Waals surface area contributed by atoms with E-state index in [1.165, 1.54) is 38.5 Å². The van der Waals surface area contributed by atoms with Gasteiger partial charge in [0, 0.05) is 30.9 Å². The lowest BCUT2D eigenvalue weighted by atomic mass is 9.96. The number of rotatable bonds is 4. The van der Waals surface area contributed by atoms with Crippen molar-refractivity contribution in [3.8, 4) is 0 Å². The van der Waals surface area contributed by atoms with Crippen LogP contribution in [0.1, 0.15) is 51.1 Å². The summed E-state index contributed by atoms with van der Waals surface area (Å²) in [6.45, 7) is 6.17. The predicted octanol–water partition coefficient (Wildman–Crippen LogP) is 3.38. The maximum Gasteiger partial charge on any atom is 0.224 e. The Hall–Kier alpha value is -1.32. The van der Waals surface area contributed by atoms with E-state index in [1.54, 1.807) is 0 Å². The SMILES string of the molecule is CCNc1nc(C)cc(N2CCCC2C2CCCC2)n1. The molecule has 0 spiro atoms. The van der Waals surface area contributed by atoms with Gasteiger partial charge in [-0.15, -0.1) is 0 Å². The van der Waals surface area contributed by atoms with Crippen LogP contribution in [0.25, 0.3) is 0 Å². The van der Waals surface area contributed by atoms with Crippen LogP contribution < -0.4 is 10.2 Å². The first-order valence-corrected chi connectivity index (χ1v) is 8.14. The van der Waals surface area contributed by atoms with Gasteiger partial charge < -0.3 is 10.2 Å². The van der Waals surface area contributed by atoms with Crippen LogP contribution in [0.3, 0.4) is 0 Å². The Morgan fingerprint density at radius 2 is 2.00 bits per heavy atom. The minimum absolute atomic E-state index is 0.710. The van der Waals surface area contributed by atoms with Crippen molar-refractivity contribution in [2.24, 2.45) is 5.92 Å². The molecule has 1 aliphatic carbocycles. The molecule has 1 saturated carbocycles. The van der Waals surface area contributed by atoms with Crippen molar-refractivity contribution in [1.29, 1.82) is 0 Å². The summed E-state index contributed by atoms with van der Waals surface area (Å²) in [5.74, 6) is 2.79. The Morgan fingerprint density at radius 3 is 2.75 bits per heavy atom. The molecule has 2 fully saturated rings. The van der Waals surface area contributed by atoms with Crippen molar-refractivity contribution in [3.05, 3.63) is 11.8 Å². The molecule has 1 atom stereocenters. The fourth-order valence-corrected chi connectivity index (χ4v) is 3.85. The van der Waals surface area contributed by atoms with Crippen molar-refractivity contribution >= 4 is 11.8 Å². The smallest absolute Gasteiger partial charge is 0.224 e. The zero-order valence-corrected chi connectivity index (χ0v) is 12.7. The Kier molecular flexibility index (Phi) is 4.08. The molecule has 0 bridgehead atoms. The van der Waals surface area contributed by atoms with Crippen LogP contribution in [0.4, 0.5) is 11.8 Å². The molecule has 110 valence electrons.